The molecule has 0 saturated carbocycles. The molecule has 3 aromatic heterocycles. The highest BCUT2D eigenvalue weighted by Gasteiger charge is 2.51. The number of amidine groups is 1. The minimum absolute atomic E-state index is 0.0149. The van der Waals surface area contributed by atoms with E-state index in [-0.39, 0.29) is 49.3 Å². The number of ether oxygens (including phenoxy) is 1. The first-order chi connectivity index (χ1) is 19.0. The van der Waals surface area contributed by atoms with Gasteiger partial charge >= 0.3 is 13.4 Å². The van der Waals surface area contributed by atoms with Gasteiger partial charge in [-0.25, -0.2) is 19.4 Å². The SMILES string of the molecule is NC1=Nc2c(ncn2C2O[C@@H]3COP(O)(=S)OCCn4c(nc5cnccc54)COP(O)(=S)O[C@@H]2[C@@H]3F)C(=O)C1. The minimum atomic E-state index is -4.13. The van der Waals surface area contributed by atoms with E-state index in [1.807, 2.05) is 0 Å². The lowest BCUT2D eigenvalue weighted by Gasteiger charge is -2.26. The maximum absolute atomic E-state index is 15.8. The van der Waals surface area contributed by atoms with E-state index >= 15 is 4.39 Å². The van der Waals surface area contributed by atoms with Crippen molar-refractivity contribution in [1.82, 2.24) is 24.1 Å². The number of alkyl halides is 1. The Hall–Kier alpha value is -2.08. The summed E-state index contributed by atoms with van der Waals surface area (Å²) in [4.78, 5) is 50.7. The molecule has 2 bridgehead atoms. The van der Waals surface area contributed by atoms with Gasteiger partial charge in [-0.15, -0.1) is 0 Å². The molecular weight excluding hydrogens is 611 g/mol. The quantitative estimate of drug-likeness (QED) is 0.327. The topological polar surface area (TPSA) is 191 Å². The Bertz CT molecular complexity index is 1620. The molecule has 15 nitrogen and oxygen atoms in total. The van der Waals surface area contributed by atoms with Gasteiger partial charge in [0.1, 0.15) is 36.0 Å². The van der Waals surface area contributed by atoms with E-state index in [2.05, 4.69) is 19.9 Å². The van der Waals surface area contributed by atoms with Crippen LogP contribution in [0.25, 0.3) is 11.0 Å². The number of hydrogen-bond acceptors (Lipinski definition) is 13. The molecule has 0 aliphatic carbocycles. The zero-order valence-electron chi connectivity index (χ0n) is 20.3. The number of imidazole rings is 2. The molecule has 0 aromatic carbocycles. The van der Waals surface area contributed by atoms with E-state index in [9.17, 15) is 14.6 Å². The molecule has 4 N–H and O–H groups in total. The molecule has 0 spiro atoms. The van der Waals surface area contributed by atoms with Gasteiger partial charge in [-0.2, -0.15) is 0 Å². The lowest BCUT2D eigenvalue weighted by atomic mass is 10.1. The number of nitrogens with zero attached hydrogens (tertiary/aromatic N) is 6. The molecule has 3 aromatic rings. The normalized spacial score (nSPS) is 33.6. The maximum atomic E-state index is 15.8. The van der Waals surface area contributed by atoms with Gasteiger partial charge in [-0.3, -0.25) is 18.9 Å². The number of fused-ring (bicyclic) bond motifs is 6. The van der Waals surface area contributed by atoms with Crippen LogP contribution in [0, 0.1) is 0 Å². The van der Waals surface area contributed by atoms with Gasteiger partial charge in [-0.1, -0.05) is 0 Å². The van der Waals surface area contributed by atoms with E-state index in [4.69, 9.17) is 52.2 Å². The average molecular weight is 634 g/mol. The summed E-state index contributed by atoms with van der Waals surface area (Å²) in [5, 5.41) is 0. The molecule has 1 saturated heterocycles. The van der Waals surface area contributed by atoms with Crippen LogP contribution in [0.1, 0.15) is 29.0 Å². The van der Waals surface area contributed by atoms with Crippen LogP contribution in [-0.4, -0.2) is 77.1 Å². The number of Topliss-reactive ketones (excluding diaryl/α,β-unsaturated/α-hetero) is 1. The zero-order chi connectivity index (χ0) is 28.2. The standard InChI is InChI=1S/C20H22FN7O8P2S2/c21-16-13-7-33-37(30,39)32-4-3-27-11-1-2-23-6-10(11)25-15(27)8-34-38(31,40)36-18(16)20(35-13)28-9-24-17-12(29)5-14(22)26-19(17)28/h1-2,6,9,13,16,18,20H,3-5,7-8H2,(H2,22,26)(H,30,39)(H,31,40)/t13-,16-,18-,20?,37?,38?/m1/s1. The largest absolute Gasteiger partial charge is 0.387 e. The molecule has 40 heavy (non-hydrogen) atoms. The summed E-state index contributed by atoms with van der Waals surface area (Å²) in [5.41, 5.74) is 7.02. The molecule has 6 atom stereocenters. The van der Waals surface area contributed by atoms with Crippen molar-refractivity contribution in [2.24, 2.45) is 10.7 Å². The summed E-state index contributed by atoms with van der Waals surface area (Å²) in [5.74, 6) is 0.0179. The number of aromatic nitrogens is 5. The lowest BCUT2D eigenvalue weighted by Crippen LogP contribution is -2.32. The summed E-state index contributed by atoms with van der Waals surface area (Å²) in [6.07, 6.45) is -1.99. The summed E-state index contributed by atoms with van der Waals surface area (Å²) < 4.78 is 46.8. The van der Waals surface area contributed by atoms with Crippen molar-refractivity contribution in [1.29, 1.82) is 0 Å². The van der Waals surface area contributed by atoms with Gasteiger partial charge in [0.2, 0.25) is 0 Å². The summed E-state index contributed by atoms with van der Waals surface area (Å²) in [6, 6.07) is 1.72. The van der Waals surface area contributed by atoms with Crippen LogP contribution in [0.5, 0.6) is 0 Å². The van der Waals surface area contributed by atoms with E-state index in [1.165, 1.54) is 10.9 Å². The number of halogens is 1. The lowest BCUT2D eigenvalue weighted by molar-refractivity contribution is -0.0474. The van der Waals surface area contributed by atoms with E-state index in [0.29, 0.717) is 16.9 Å². The van der Waals surface area contributed by atoms with Gasteiger partial charge in [0.15, 0.2) is 29.7 Å². The van der Waals surface area contributed by atoms with Gasteiger partial charge in [0.25, 0.3) is 0 Å². The van der Waals surface area contributed by atoms with Crippen molar-refractivity contribution in [3.63, 3.8) is 0 Å². The second kappa shape index (κ2) is 10.6. The van der Waals surface area contributed by atoms with Crippen molar-refractivity contribution < 1.29 is 41.8 Å². The van der Waals surface area contributed by atoms with Crippen LogP contribution in [-0.2, 0) is 59.6 Å². The summed E-state index contributed by atoms with van der Waals surface area (Å²) >= 11 is 10.3. The third-order valence-electron chi connectivity index (χ3n) is 6.37. The van der Waals surface area contributed by atoms with Crippen molar-refractivity contribution >= 4 is 65.5 Å². The highest BCUT2D eigenvalue weighted by Crippen LogP contribution is 2.52. The molecule has 3 unspecified atom stereocenters. The smallest absolute Gasteiger partial charge is 0.325 e. The zero-order valence-corrected chi connectivity index (χ0v) is 23.8. The molecule has 20 heteroatoms. The van der Waals surface area contributed by atoms with Gasteiger partial charge in [0.05, 0.1) is 37.7 Å². The summed E-state index contributed by atoms with van der Waals surface area (Å²) in [6.45, 7) is -8.67. The highest BCUT2D eigenvalue weighted by atomic mass is 32.5. The van der Waals surface area contributed by atoms with Gasteiger partial charge in [0, 0.05) is 12.7 Å². The van der Waals surface area contributed by atoms with E-state index < -0.39 is 44.7 Å². The number of nitrogens with two attached hydrogens (primary N) is 1. The Morgan fingerprint density at radius 3 is 2.85 bits per heavy atom. The molecule has 214 valence electrons. The number of carbonyl (C=O) groups excluding carboxylic acids is 1. The number of ketones is 1. The number of pyridine rings is 1. The van der Waals surface area contributed by atoms with Crippen LogP contribution < -0.4 is 5.73 Å². The van der Waals surface area contributed by atoms with E-state index in [0.717, 1.165) is 0 Å². The summed E-state index contributed by atoms with van der Waals surface area (Å²) in [7, 11) is 0. The van der Waals surface area contributed by atoms with Crippen LogP contribution in [0.2, 0.25) is 0 Å². The molecule has 6 heterocycles. The minimum Gasteiger partial charge on any atom is -0.387 e. The number of rotatable bonds is 1. The third kappa shape index (κ3) is 5.42. The molecule has 3 aliphatic rings. The predicted octanol–water partition coefficient (Wildman–Crippen LogP) is 1.52. The van der Waals surface area contributed by atoms with Crippen molar-refractivity contribution in [2.45, 2.75) is 44.2 Å². The molecule has 0 amide bonds. The first kappa shape index (κ1) is 28.1. The molecule has 0 radical (unpaired) electrons. The second-order valence-corrected chi connectivity index (χ2v) is 14.6. The molecule has 3 aliphatic heterocycles. The van der Waals surface area contributed by atoms with Crippen molar-refractivity contribution in [3.05, 3.63) is 36.3 Å². The molecule has 6 rings (SSSR count). The second-order valence-electron chi connectivity index (χ2n) is 8.99. The highest BCUT2D eigenvalue weighted by molar-refractivity contribution is 8.07. The Kier molecular flexibility index (Phi) is 7.46. The predicted molar refractivity (Wildman–Crippen MR) is 143 cm³/mol. The van der Waals surface area contributed by atoms with Gasteiger partial charge < -0.3 is 38.4 Å². The third-order valence-corrected chi connectivity index (χ3v) is 9.53. The van der Waals surface area contributed by atoms with Crippen LogP contribution >= 0.6 is 13.4 Å². The van der Waals surface area contributed by atoms with Crippen LogP contribution in [0.4, 0.5) is 10.2 Å². The molecular formula is C20H22FN7O8P2S2. The first-order valence-electron chi connectivity index (χ1n) is 11.8. The van der Waals surface area contributed by atoms with Crippen LogP contribution in [0.3, 0.4) is 0 Å². The fourth-order valence-corrected chi connectivity index (χ4v) is 7.06. The monoisotopic (exact) mass is 633 g/mol. The Balaban J connectivity index is 1.36. The number of carbonyl (C=O) groups is 1. The fraction of sp³-hybridized carbons (Fsp3) is 0.450. The fourth-order valence-electron chi connectivity index (χ4n) is 4.60. The van der Waals surface area contributed by atoms with Crippen molar-refractivity contribution in [2.75, 3.05) is 13.2 Å². The number of hydrogen-bond donors (Lipinski definition) is 3. The van der Waals surface area contributed by atoms with Gasteiger partial charge in [-0.05, 0) is 29.7 Å². The Morgan fingerprint density at radius 1 is 1.20 bits per heavy atom. The van der Waals surface area contributed by atoms with E-state index in [1.54, 1.807) is 23.0 Å². The maximum Gasteiger partial charge on any atom is 0.325 e. The first-order valence-corrected chi connectivity index (χ1v) is 17.0. The Morgan fingerprint density at radius 2 is 2.02 bits per heavy atom. The Labute approximate surface area is 235 Å². The molecule has 1 fully saturated rings. The van der Waals surface area contributed by atoms with Crippen LogP contribution in [0.15, 0.2) is 29.8 Å². The number of aliphatic imine (C=N–C) groups is 1. The van der Waals surface area contributed by atoms with Crippen molar-refractivity contribution in [3.8, 4) is 0 Å². The average Bonchev–Trinajstić information content (AvgIpc) is 3.55.